The molecule has 0 aliphatic heterocycles. The molecule has 0 heterocycles. The van der Waals surface area contributed by atoms with Crippen LogP contribution in [-0.4, -0.2) is 18.5 Å². The van der Waals surface area contributed by atoms with Crippen molar-refractivity contribution in [2.24, 2.45) is 0 Å². The lowest BCUT2D eigenvalue weighted by Crippen LogP contribution is -2.13. The number of carbonyl (C=O) groups excluding carboxylic acids is 2. The fraction of sp³-hybridized carbons (Fsp3) is 0.333. The summed E-state index contributed by atoms with van der Waals surface area (Å²) in [5, 5.41) is 2.86. The molecule has 0 aliphatic carbocycles. The molecule has 1 aromatic rings. The average Bonchev–Trinajstić information content (AvgIpc) is 2.47. The molecule has 0 spiro atoms. The molecule has 0 saturated heterocycles. The van der Waals surface area contributed by atoms with Crippen molar-refractivity contribution in [3.8, 4) is 0 Å². The molecule has 0 bridgehead atoms. The number of amides is 1. The van der Waals surface area contributed by atoms with Crippen LogP contribution in [0.4, 0.5) is 5.69 Å². The molecule has 0 aliphatic rings. The van der Waals surface area contributed by atoms with Crippen LogP contribution >= 0.6 is 34.8 Å². The minimum Gasteiger partial charge on any atom is -0.460 e. The van der Waals surface area contributed by atoms with Crippen LogP contribution in [0.25, 0.3) is 0 Å². The van der Waals surface area contributed by atoms with E-state index in [1.807, 2.05) is 31.2 Å². The summed E-state index contributed by atoms with van der Waals surface area (Å²) in [5.74, 6) is -0.611. The van der Waals surface area contributed by atoms with Crippen LogP contribution in [0, 0.1) is 6.92 Å². The summed E-state index contributed by atoms with van der Waals surface area (Å²) in [6.07, 6.45) is 0.723. The van der Waals surface area contributed by atoms with Crippen molar-refractivity contribution in [3.63, 3.8) is 0 Å². The third kappa shape index (κ3) is 7.16. The van der Waals surface area contributed by atoms with Gasteiger partial charge in [-0.15, -0.1) is 0 Å². The minimum absolute atomic E-state index is 0.0639. The van der Waals surface area contributed by atoms with Gasteiger partial charge < -0.3 is 10.1 Å². The van der Waals surface area contributed by atoms with Crippen molar-refractivity contribution in [1.82, 2.24) is 0 Å². The van der Waals surface area contributed by atoms with Crippen molar-refractivity contribution in [1.29, 1.82) is 0 Å². The van der Waals surface area contributed by atoms with Gasteiger partial charge in [0.1, 0.15) is 11.1 Å². The number of para-hydroxylation sites is 1. The molecule has 0 saturated carbocycles. The number of esters is 1. The molecule has 1 aromatic carbocycles. The van der Waals surface area contributed by atoms with Crippen molar-refractivity contribution >= 4 is 52.4 Å². The molecule has 1 amide bonds. The highest BCUT2D eigenvalue weighted by atomic mass is 35.5. The van der Waals surface area contributed by atoms with Gasteiger partial charge in [-0.3, -0.25) is 9.59 Å². The summed E-state index contributed by atoms with van der Waals surface area (Å²) in [4.78, 5) is 23.2. The molecule has 7 heteroatoms. The van der Waals surface area contributed by atoms with E-state index in [9.17, 15) is 9.59 Å². The smallest absolute Gasteiger partial charge is 0.306 e. The number of halogens is 3. The van der Waals surface area contributed by atoms with Gasteiger partial charge in [-0.1, -0.05) is 53.0 Å². The number of aryl methyl sites for hydroxylation is 1. The number of anilines is 1. The molecular formula is C15H16Cl3NO3. The van der Waals surface area contributed by atoms with Crippen molar-refractivity contribution in [3.05, 3.63) is 39.4 Å². The standard InChI is InChI=1S/C15H16Cl3NO3/c1-10-5-2-3-6-12(10)19-13(20)7-4-8-14(21)22-9-11(16)15(17)18/h2-3,5-6H,4,7-9H2,1H3,(H,19,20). The Labute approximate surface area is 144 Å². The Hall–Kier alpha value is -1.23. The molecule has 0 unspecified atom stereocenters. The minimum atomic E-state index is -0.462. The maximum absolute atomic E-state index is 11.8. The van der Waals surface area contributed by atoms with E-state index in [0.717, 1.165) is 11.3 Å². The van der Waals surface area contributed by atoms with Gasteiger partial charge in [-0.25, -0.2) is 0 Å². The first-order chi connectivity index (χ1) is 10.4. The van der Waals surface area contributed by atoms with Gasteiger partial charge in [-0.05, 0) is 25.0 Å². The second-order valence-electron chi connectivity index (χ2n) is 4.54. The number of rotatable bonds is 7. The molecule has 0 atom stereocenters. The lowest BCUT2D eigenvalue weighted by Gasteiger charge is -2.08. The van der Waals surface area contributed by atoms with E-state index in [1.165, 1.54) is 0 Å². The van der Waals surface area contributed by atoms with Gasteiger partial charge in [0.15, 0.2) is 0 Å². The fourth-order valence-electron chi connectivity index (χ4n) is 1.59. The highest BCUT2D eigenvalue weighted by Gasteiger charge is 2.09. The molecular weight excluding hydrogens is 349 g/mol. The lowest BCUT2D eigenvalue weighted by molar-refractivity contribution is -0.142. The largest absolute Gasteiger partial charge is 0.460 e. The zero-order valence-corrected chi connectivity index (χ0v) is 14.3. The first-order valence-electron chi connectivity index (χ1n) is 6.61. The SMILES string of the molecule is Cc1ccccc1NC(=O)CCCC(=O)OCC(Cl)=C(Cl)Cl. The van der Waals surface area contributed by atoms with Crippen LogP contribution in [0.1, 0.15) is 24.8 Å². The van der Waals surface area contributed by atoms with Crippen LogP contribution in [0.3, 0.4) is 0 Å². The fourth-order valence-corrected chi connectivity index (χ4v) is 1.75. The highest BCUT2D eigenvalue weighted by molar-refractivity contribution is 6.59. The maximum atomic E-state index is 11.8. The zero-order valence-electron chi connectivity index (χ0n) is 12.0. The number of carbonyl (C=O) groups is 2. The molecule has 0 aromatic heterocycles. The van der Waals surface area contributed by atoms with E-state index in [2.05, 4.69) is 5.32 Å². The normalized spacial score (nSPS) is 10.0. The lowest BCUT2D eigenvalue weighted by atomic mass is 10.2. The summed E-state index contributed by atoms with van der Waals surface area (Å²) in [5.41, 5.74) is 1.75. The summed E-state index contributed by atoms with van der Waals surface area (Å²) < 4.78 is 4.72. The van der Waals surface area contributed by atoms with Crippen LogP contribution in [0.5, 0.6) is 0 Å². The Morgan fingerprint density at radius 2 is 1.82 bits per heavy atom. The Balaban J connectivity index is 2.26. The first kappa shape index (κ1) is 18.8. The Morgan fingerprint density at radius 3 is 2.45 bits per heavy atom. The summed E-state index contributed by atoms with van der Waals surface area (Å²) in [7, 11) is 0. The number of nitrogens with one attached hydrogen (secondary N) is 1. The Morgan fingerprint density at radius 1 is 1.14 bits per heavy atom. The van der Waals surface area contributed by atoms with Gasteiger partial charge in [0.25, 0.3) is 0 Å². The second kappa shape index (κ2) is 9.72. The predicted molar refractivity (Wildman–Crippen MR) is 89.2 cm³/mol. The second-order valence-corrected chi connectivity index (χ2v) is 5.95. The maximum Gasteiger partial charge on any atom is 0.306 e. The first-order valence-corrected chi connectivity index (χ1v) is 7.74. The highest BCUT2D eigenvalue weighted by Crippen LogP contribution is 2.18. The Kier molecular flexibility index (Phi) is 8.31. The molecule has 0 fully saturated rings. The van der Waals surface area contributed by atoms with Gasteiger partial charge in [0.2, 0.25) is 5.91 Å². The zero-order chi connectivity index (χ0) is 16.5. The van der Waals surface area contributed by atoms with E-state index in [0.29, 0.717) is 6.42 Å². The Bertz CT molecular complexity index is 569. The number of hydrogen-bond acceptors (Lipinski definition) is 3. The molecule has 22 heavy (non-hydrogen) atoms. The third-order valence-corrected chi connectivity index (χ3v) is 3.72. The van der Waals surface area contributed by atoms with E-state index in [4.69, 9.17) is 39.5 Å². The predicted octanol–water partition coefficient (Wildman–Crippen LogP) is 4.53. The van der Waals surface area contributed by atoms with E-state index < -0.39 is 5.97 Å². The van der Waals surface area contributed by atoms with Crippen LogP contribution in [0.15, 0.2) is 33.8 Å². The van der Waals surface area contributed by atoms with E-state index >= 15 is 0 Å². The third-order valence-electron chi connectivity index (χ3n) is 2.77. The van der Waals surface area contributed by atoms with E-state index in [-0.39, 0.29) is 34.9 Å². The molecule has 1 rings (SSSR count). The van der Waals surface area contributed by atoms with Gasteiger partial charge >= 0.3 is 5.97 Å². The summed E-state index contributed by atoms with van der Waals surface area (Å²) in [6, 6.07) is 7.48. The number of hydrogen-bond donors (Lipinski definition) is 1. The summed E-state index contributed by atoms with van der Waals surface area (Å²) in [6.45, 7) is 1.74. The van der Waals surface area contributed by atoms with Crippen LogP contribution in [-0.2, 0) is 14.3 Å². The van der Waals surface area contributed by atoms with Crippen molar-refractivity contribution in [2.45, 2.75) is 26.2 Å². The molecule has 1 N–H and O–H groups in total. The van der Waals surface area contributed by atoms with Gasteiger partial charge in [0, 0.05) is 18.5 Å². The van der Waals surface area contributed by atoms with Crippen LogP contribution < -0.4 is 5.32 Å². The molecule has 120 valence electrons. The van der Waals surface area contributed by atoms with Crippen molar-refractivity contribution in [2.75, 3.05) is 11.9 Å². The topological polar surface area (TPSA) is 55.4 Å². The number of benzene rings is 1. The average molecular weight is 365 g/mol. The van der Waals surface area contributed by atoms with E-state index in [1.54, 1.807) is 0 Å². The molecule has 4 nitrogen and oxygen atoms in total. The van der Waals surface area contributed by atoms with Gasteiger partial charge in [0.05, 0.1) is 5.03 Å². The van der Waals surface area contributed by atoms with Crippen LogP contribution in [0.2, 0.25) is 0 Å². The summed E-state index contributed by atoms with van der Waals surface area (Å²) >= 11 is 16.5. The molecule has 0 radical (unpaired) electrons. The monoisotopic (exact) mass is 363 g/mol. The number of ether oxygens (including phenoxy) is 1. The quantitative estimate of drug-likeness (QED) is 0.723. The van der Waals surface area contributed by atoms with Crippen molar-refractivity contribution < 1.29 is 14.3 Å². The van der Waals surface area contributed by atoms with Gasteiger partial charge in [-0.2, -0.15) is 0 Å².